The molecule has 5 nitrogen and oxygen atoms in total. The molecule has 0 bridgehead atoms. The molecule has 1 heterocycles. The van der Waals surface area contributed by atoms with E-state index in [4.69, 9.17) is 14.2 Å². The number of nitrogens with zero attached hydrogens (tertiary/aromatic N) is 1. The van der Waals surface area contributed by atoms with Gasteiger partial charge in [-0.1, -0.05) is 54.2 Å². The Morgan fingerprint density at radius 1 is 1.10 bits per heavy atom. The fourth-order valence-corrected chi connectivity index (χ4v) is 3.32. The van der Waals surface area contributed by atoms with Crippen LogP contribution in [0.15, 0.2) is 57.6 Å². The Morgan fingerprint density at radius 2 is 1.97 bits per heavy atom. The van der Waals surface area contributed by atoms with E-state index < -0.39 is 5.97 Å². The number of ether oxygens (including phenoxy) is 3. The third-order valence-corrected chi connectivity index (χ3v) is 4.93. The van der Waals surface area contributed by atoms with Gasteiger partial charge in [0.1, 0.15) is 0 Å². The number of hydrogen-bond acceptors (Lipinski definition) is 5. The number of carbonyl (C=O) groups is 1. The first-order valence-corrected chi connectivity index (χ1v) is 10.5. The summed E-state index contributed by atoms with van der Waals surface area (Å²) in [5.74, 6) is 1.13. The lowest BCUT2D eigenvalue weighted by Crippen LogP contribution is -2.05. The summed E-state index contributed by atoms with van der Waals surface area (Å²) in [6, 6.07) is 13.0. The highest BCUT2D eigenvalue weighted by molar-refractivity contribution is 9.10. The van der Waals surface area contributed by atoms with E-state index in [9.17, 15) is 4.79 Å². The minimum atomic E-state index is -0.477. The number of halogens is 1. The third kappa shape index (κ3) is 5.70. The Hall–Kier alpha value is -2.60. The molecule has 1 aliphatic heterocycles. The number of aliphatic imine (C=N–C) groups is 1. The number of methoxy groups -OCH3 is 1. The number of rotatable bonds is 9. The number of unbranched alkanes of at least 4 members (excludes halogenated alkanes) is 3. The Balaban J connectivity index is 1.74. The standard InChI is InChI=1S/C23H24BrNO4/c1-3-4-5-6-12-28-20-11-10-16(14-21(20)27-2)13-19-23(26)29-22(25-19)17-8-7-9-18(24)15-17/h7-11,13-15H,3-6,12H2,1-2H3/b19-13-. The Kier molecular flexibility index (Phi) is 7.47. The molecule has 0 saturated heterocycles. The van der Waals surface area contributed by atoms with Gasteiger partial charge in [0.25, 0.3) is 0 Å². The van der Waals surface area contributed by atoms with Crippen molar-refractivity contribution in [1.82, 2.24) is 0 Å². The van der Waals surface area contributed by atoms with Crippen LogP contribution < -0.4 is 9.47 Å². The number of carbonyl (C=O) groups excluding carboxylic acids is 1. The van der Waals surface area contributed by atoms with Gasteiger partial charge in [0.2, 0.25) is 5.90 Å². The molecule has 0 aromatic heterocycles. The zero-order valence-electron chi connectivity index (χ0n) is 16.6. The summed E-state index contributed by atoms with van der Waals surface area (Å²) < 4.78 is 17.5. The maximum atomic E-state index is 12.2. The number of cyclic esters (lactones) is 1. The monoisotopic (exact) mass is 457 g/mol. The fourth-order valence-electron chi connectivity index (χ4n) is 2.92. The second kappa shape index (κ2) is 10.3. The SMILES string of the molecule is CCCCCCOc1ccc(/C=C2\N=C(c3cccc(Br)c3)OC2=O)cc1OC. The predicted octanol–water partition coefficient (Wildman–Crippen LogP) is 5.76. The molecule has 0 amide bonds. The van der Waals surface area contributed by atoms with Gasteiger partial charge in [-0.3, -0.25) is 0 Å². The van der Waals surface area contributed by atoms with Gasteiger partial charge >= 0.3 is 5.97 Å². The quantitative estimate of drug-likeness (QED) is 0.272. The molecule has 0 saturated carbocycles. The highest BCUT2D eigenvalue weighted by atomic mass is 79.9. The van der Waals surface area contributed by atoms with Gasteiger partial charge in [-0.15, -0.1) is 0 Å². The van der Waals surface area contributed by atoms with Crippen molar-refractivity contribution in [3.63, 3.8) is 0 Å². The van der Waals surface area contributed by atoms with Crippen molar-refractivity contribution < 1.29 is 19.0 Å². The molecular formula is C23H24BrNO4. The van der Waals surface area contributed by atoms with E-state index >= 15 is 0 Å². The second-order valence-corrected chi connectivity index (χ2v) is 7.58. The summed E-state index contributed by atoms with van der Waals surface area (Å²) in [4.78, 5) is 16.6. The van der Waals surface area contributed by atoms with Crippen molar-refractivity contribution in [2.75, 3.05) is 13.7 Å². The van der Waals surface area contributed by atoms with Crippen LogP contribution in [0, 0.1) is 0 Å². The normalized spacial score (nSPS) is 14.7. The van der Waals surface area contributed by atoms with E-state index in [1.807, 2.05) is 42.5 Å². The molecule has 0 aliphatic carbocycles. The molecular weight excluding hydrogens is 434 g/mol. The van der Waals surface area contributed by atoms with Gasteiger partial charge in [0.05, 0.1) is 13.7 Å². The zero-order valence-corrected chi connectivity index (χ0v) is 18.2. The minimum Gasteiger partial charge on any atom is -0.493 e. The predicted molar refractivity (Wildman–Crippen MR) is 117 cm³/mol. The van der Waals surface area contributed by atoms with Crippen LogP contribution in [0.2, 0.25) is 0 Å². The van der Waals surface area contributed by atoms with Crippen molar-refractivity contribution in [2.45, 2.75) is 32.6 Å². The highest BCUT2D eigenvalue weighted by Gasteiger charge is 2.24. The lowest BCUT2D eigenvalue weighted by Gasteiger charge is -2.11. The van der Waals surface area contributed by atoms with Gasteiger partial charge in [0.15, 0.2) is 17.2 Å². The van der Waals surface area contributed by atoms with Crippen LogP contribution in [-0.4, -0.2) is 25.6 Å². The first kappa shape index (κ1) is 21.1. The first-order valence-electron chi connectivity index (χ1n) is 9.70. The number of benzene rings is 2. The topological polar surface area (TPSA) is 57.1 Å². The maximum Gasteiger partial charge on any atom is 0.363 e. The van der Waals surface area contributed by atoms with E-state index in [1.165, 1.54) is 12.8 Å². The van der Waals surface area contributed by atoms with Crippen LogP contribution >= 0.6 is 15.9 Å². The molecule has 0 radical (unpaired) electrons. The second-order valence-electron chi connectivity index (χ2n) is 6.67. The Bertz CT molecular complexity index is 936. The molecule has 6 heteroatoms. The van der Waals surface area contributed by atoms with Crippen molar-refractivity contribution in [3.8, 4) is 11.5 Å². The molecule has 152 valence electrons. The summed E-state index contributed by atoms with van der Waals surface area (Å²) in [6.45, 7) is 2.84. The van der Waals surface area contributed by atoms with Gasteiger partial charge in [-0.25, -0.2) is 9.79 Å². The molecule has 29 heavy (non-hydrogen) atoms. The van der Waals surface area contributed by atoms with Crippen LogP contribution in [0.5, 0.6) is 11.5 Å². The van der Waals surface area contributed by atoms with Crippen molar-refractivity contribution in [1.29, 1.82) is 0 Å². The van der Waals surface area contributed by atoms with Crippen LogP contribution in [0.4, 0.5) is 0 Å². The molecule has 2 aromatic rings. The minimum absolute atomic E-state index is 0.246. The van der Waals surface area contributed by atoms with Crippen LogP contribution in [0.25, 0.3) is 6.08 Å². The van der Waals surface area contributed by atoms with E-state index in [0.29, 0.717) is 24.0 Å². The Morgan fingerprint density at radius 3 is 2.72 bits per heavy atom. The molecule has 0 unspecified atom stereocenters. The molecule has 2 aromatic carbocycles. The van der Waals surface area contributed by atoms with Crippen LogP contribution in [0.1, 0.15) is 43.7 Å². The average Bonchev–Trinajstić information content (AvgIpc) is 3.09. The van der Waals surface area contributed by atoms with Gasteiger partial charge < -0.3 is 14.2 Å². The molecule has 0 N–H and O–H groups in total. The smallest absolute Gasteiger partial charge is 0.363 e. The average molecular weight is 458 g/mol. The Labute approximate surface area is 179 Å². The van der Waals surface area contributed by atoms with Gasteiger partial charge in [0, 0.05) is 10.0 Å². The lowest BCUT2D eigenvalue weighted by molar-refractivity contribution is -0.129. The highest BCUT2D eigenvalue weighted by Crippen LogP contribution is 2.30. The van der Waals surface area contributed by atoms with Crippen molar-refractivity contribution >= 4 is 33.9 Å². The summed E-state index contributed by atoms with van der Waals surface area (Å²) >= 11 is 3.41. The zero-order chi connectivity index (χ0) is 20.6. The lowest BCUT2D eigenvalue weighted by atomic mass is 10.1. The van der Waals surface area contributed by atoms with Crippen molar-refractivity contribution in [3.05, 3.63) is 63.8 Å². The largest absolute Gasteiger partial charge is 0.493 e. The van der Waals surface area contributed by atoms with E-state index in [-0.39, 0.29) is 5.70 Å². The van der Waals surface area contributed by atoms with Gasteiger partial charge in [-0.05, 0) is 48.4 Å². The van der Waals surface area contributed by atoms with E-state index in [2.05, 4.69) is 27.8 Å². The van der Waals surface area contributed by atoms with E-state index in [1.54, 1.807) is 13.2 Å². The number of hydrogen-bond donors (Lipinski definition) is 0. The molecule has 0 spiro atoms. The molecule has 0 fully saturated rings. The summed E-state index contributed by atoms with van der Waals surface area (Å²) in [6.07, 6.45) is 6.26. The van der Waals surface area contributed by atoms with Crippen LogP contribution in [-0.2, 0) is 9.53 Å². The third-order valence-electron chi connectivity index (χ3n) is 4.44. The summed E-state index contributed by atoms with van der Waals surface area (Å²) in [5, 5.41) is 0. The van der Waals surface area contributed by atoms with Crippen LogP contribution in [0.3, 0.4) is 0 Å². The molecule has 3 rings (SSSR count). The summed E-state index contributed by atoms with van der Waals surface area (Å²) in [5.41, 5.74) is 1.77. The molecule has 1 aliphatic rings. The van der Waals surface area contributed by atoms with Crippen molar-refractivity contribution in [2.24, 2.45) is 4.99 Å². The van der Waals surface area contributed by atoms with Gasteiger partial charge in [-0.2, -0.15) is 0 Å². The number of esters is 1. The maximum absolute atomic E-state index is 12.2. The first-order chi connectivity index (χ1) is 14.1. The van der Waals surface area contributed by atoms with E-state index in [0.717, 1.165) is 28.4 Å². The fraction of sp³-hybridized carbons (Fsp3) is 0.304. The summed E-state index contributed by atoms with van der Waals surface area (Å²) in [7, 11) is 1.60. The molecule has 0 atom stereocenters.